The number of aliphatic imine (C=N–C) groups is 1. The van der Waals surface area contributed by atoms with Gasteiger partial charge in [-0.15, -0.1) is 11.3 Å². The first-order chi connectivity index (χ1) is 9.29. The van der Waals surface area contributed by atoms with E-state index in [-0.39, 0.29) is 0 Å². The van der Waals surface area contributed by atoms with Crippen molar-refractivity contribution in [2.24, 2.45) is 4.99 Å². The van der Waals surface area contributed by atoms with Crippen LogP contribution in [0.2, 0.25) is 0 Å². The molecule has 19 heavy (non-hydrogen) atoms. The zero-order valence-corrected chi connectivity index (χ0v) is 12.4. The summed E-state index contributed by atoms with van der Waals surface area (Å²) in [5.41, 5.74) is 2.94. The number of thiazole rings is 1. The van der Waals surface area contributed by atoms with Crippen LogP contribution in [0, 0.1) is 6.92 Å². The van der Waals surface area contributed by atoms with Crippen molar-refractivity contribution in [3.63, 3.8) is 0 Å². The molecule has 2 N–H and O–H groups in total. The number of rotatable bonds is 5. The number of nitrogens with one attached hydrogen (secondary N) is 2. The van der Waals surface area contributed by atoms with Gasteiger partial charge in [-0.2, -0.15) is 0 Å². The SMILES string of the molecule is CCNC(=NCc1scnc1C)NCC1CCCO1. The Balaban J connectivity index is 1.85. The minimum absolute atomic E-state index is 0.328. The Hall–Kier alpha value is -1.14. The second-order valence-corrected chi connectivity index (χ2v) is 5.51. The lowest BCUT2D eigenvalue weighted by molar-refractivity contribution is 0.114. The van der Waals surface area contributed by atoms with Crippen molar-refractivity contribution < 1.29 is 4.74 Å². The van der Waals surface area contributed by atoms with E-state index in [4.69, 9.17) is 4.74 Å². The fourth-order valence-corrected chi connectivity index (χ4v) is 2.69. The molecule has 2 heterocycles. The van der Waals surface area contributed by atoms with Crippen molar-refractivity contribution >= 4 is 17.3 Å². The molecular weight excluding hydrogens is 260 g/mol. The van der Waals surface area contributed by atoms with Gasteiger partial charge in [-0.25, -0.2) is 9.98 Å². The van der Waals surface area contributed by atoms with E-state index in [1.807, 2.05) is 12.4 Å². The summed E-state index contributed by atoms with van der Waals surface area (Å²) in [6.07, 6.45) is 2.63. The van der Waals surface area contributed by atoms with Crippen LogP contribution in [0.25, 0.3) is 0 Å². The molecule has 6 heteroatoms. The molecule has 5 nitrogen and oxygen atoms in total. The van der Waals surface area contributed by atoms with E-state index >= 15 is 0 Å². The highest BCUT2D eigenvalue weighted by molar-refractivity contribution is 7.09. The molecule has 1 saturated heterocycles. The first-order valence-corrected chi connectivity index (χ1v) is 7.70. The normalized spacial score (nSPS) is 19.7. The Morgan fingerprint density at radius 2 is 2.47 bits per heavy atom. The first-order valence-electron chi connectivity index (χ1n) is 6.82. The molecule has 106 valence electrons. The number of hydrogen-bond donors (Lipinski definition) is 2. The van der Waals surface area contributed by atoms with Crippen molar-refractivity contribution in [1.82, 2.24) is 15.6 Å². The van der Waals surface area contributed by atoms with Crippen molar-refractivity contribution in [3.8, 4) is 0 Å². The minimum atomic E-state index is 0.328. The zero-order valence-electron chi connectivity index (χ0n) is 11.6. The van der Waals surface area contributed by atoms with E-state index in [1.54, 1.807) is 11.3 Å². The van der Waals surface area contributed by atoms with Crippen LogP contribution in [-0.4, -0.2) is 36.7 Å². The lowest BCUT2D eigenvalue weighted by Crippen LogP contribution is -2.41. The van der Waals surface area contributed by atoms with Crippen LogP contribution < -0.4 is 10.6 Å². The van der Waals surface area contributed by atoms with Gasteiger partial charge < -0.3 is 15.4 Å². The Morgan fingerprint density at radius 1 is 1.58 bits per heavy atom. The number of ether oxygens (including phenoxy) is 1. The lowest BCUT2D eigenvalue weighted by atomic mass is 10.2. The summed E-state index contributed by atoms with van der Waals surface area (Å²) < 4.78 is 5.60. The molecule has 2 rings (SSSR count). The van der Waals surface area contributed by atoms with Gasteiger partial charge in [-0.3, -0.25) is 0 Å². The number of hydrogen-bond acceptors (Lipinski definition) is 4. The van der Waals surface area contributed by atoms with E-state index in [9.17, 15) is 0 Å². The summed E-state index contributed by atoms with van der Waals surface area (Å²) in [6, 6.07) is 0. The molecule has 1 aliphatic rings. The number of aryl methyl sites for hydroxylation is 1. The van der Waals surface area contributed by atoms with Crippen LogP contribution in [0.15, 0.2) is 10.5 Å². The monoisotopic (exact) mass is 282 g/mol. The highest BCUT2D eigenvalue weighted by Crippen LogP contribution is 2.13. The largest absolute Gasteiger partial charge is 0.376 e. The Labute approximate surface area is 118 Å². The molecule has 0 bridgehead atoms. The summed E-state index contributed by atoms with van der Waals surface area (Å²) in [6.45, 7) is 7.35. The number of aromatic nitrogens is 1. The Kier molecular flexibility index (Phi) is 5.60. The number of guanidine groups is 1. The predicted molar refractivity (Wildman–Crippen MR) is 78.6 cm³/mol. The average Bonchev–Trinajstić information content (AvgIpc) is 3.04. The van der Waals surface area contributed by atoms with Crippen LogP contribution in [0.5, 0.6) is 0 Å². The van der Waals surface area contributed by atoms with Crippen molar-refractivity contribution in [1.29, 1.82) is 0 Å². The van der Waals surface area contributed by atoms with E-state index in [0.29, 0.717) is 12.6 Å². The van der Waals surface area contributed by atoms with E-state index < -0.39 is 0 Å². The van der Waals surface area contributed by atoms with Gasteiger partial charge in [0, 0.05) is 24.6 Å². The van der Waals surface area contributed by atoms with Gasteiger partial charge >= 0.3 is 0 Å². The smallest absolute Gasteiger partial charge is 0.191 e. The van der Waals surface area contributed by atoms with Gasteiger partial charge in [0.05, 0.1) is 23.9 Å². The third kappa shape index (κ3) is 4.47. The average molecular weight is 282 g/mol. The molecule has 1 aromatic rings. The Morgan fingerprint density at radius 3 is 3.11 bits per heavy atom. The van der Waals surface area contributed by atoms with Crippen molar-refractivity contribution in [3.05, 3.63) is 16.1 Å². The number of nitrogens with zero attached hydrogens (tertiary/aromatic N) is 2. The maximum Gasteiger partial charge on any atom is 0.191 e. The van der Waals surface area contributed by atoms with Gasteiger partial charge in [-0.05, 0) is 26.7 Å². The topological polar surface area (TPSA) is 58.5 Å². The maximum absolute atomic E-state index is 5.60. The zero-order chi connectivity index (χ0) is 13.5. The van der Waals surface area contributed by atoms with Crippen LogP contribution in [0.3, 0.4) is 0 Å². The van der Waals surface area contributed by atoms with E-state index in [2.05, 4.69) is 27.5 Å². The molecular formula is C13H22N4OS. The summed E-state index contributed by atoms with van der Waals surface area (Å²) >= 11 is 1.65. The van der Waals surface area contributed by atoms with Gasteiger partial charge in [0.1, 0.15) is 0 Å². The van der Waals surface area contributed by atoms with Gasteiger partial charge in [0.15, 0.2) is 5.96 Å². The first kappa shape index (κ1) is 14.3. The van der Waals surface area contributed by atoms with Crippen LogP contribution in [0.4, 0.5) is 0 Å². The summed E-state index contributed by atoms with van der Waals surface area (Å²) in [7, 11) is 0. The van der Waals surface area contributed by atoms with E-state index in [0.717, 1.165) is 37.8 Å². The third-order valence-electron chi connectivity index (χ3n) is 3.09. The molecule has 0 amide bonds. The summed E-state index contributed by atoms with van der Waals surface area (Å²) in [4.78, 5) is 10.0. The molecule has 1 unspecified atom stereocenters. The molecule has 0 aliphatic carbocycles. The molecule has 1 atom stereocenters. The predicted octanol–water partition coefficient (Wildman–Crippen LogP) is 1.69. The minimum Gasteiger partial charge on any atom is -0.376 e. The molecule has 0 radical (unpaired) electrons. The third-order valence-corrected chi connectivity index (χ3v) is 4.01. The van der Waals surface area contributed by atoms with Gasteiger partial charge in [0.25, 0.3) is 0 Å². The van der Waals surface area contributed by atoms with Crippen molar-refractivity contribution in [2.75, 3.05) is 19.7 Å². The quantitative estimate of drug-likeness (QED) is 0.637. The van der Waals surface area contributed by atoms with Gasteiger partial charge in [0.2, 0.25) is 0 Å². The molecule has 0 aromatic carbocycles. The van der Waals surface area contributed by atoms with Gasteiger partial charge in [-0.1, -0.05) is 0 Å². The molecule has 0 saturated carbocycles. The molecule has 1 aromatic heterocycles. The summed E-state index contributed by atoms with van der Waals surface area (Å²) in [5, 5.41) is 6.60. The second kappa shape index (κ2) is 7.45. The van der Waals surface area contributed by atoms with Crippen molar-refractivity contribution in [2.45, 2.75) is 39.3 Å². The summed E-state index contributed by atoms with van der Waals surface area (Å²) in [5.74, 6) is 0.853. The fraction of sp³-hybridized carbons (Fsp3) is 0.692. The lowest BCUT2D eigenvalue weighted by Gasteiger charge is -2.14. The maximum atomic E-state index is 5.60. The fourth-order valence-electron chi connectivity index (χ4n) is 1.99. The van der Waals surface area contributed by atoms with E-state index in [1.165, 1.54) is 11.3 Å². The Bertz CT molecular complexity index is 413. The van der Waals surface area contributed by atoms with Crippen LogP contribution in [0.1, 0.15) is 30.3 Å². The highest BCUT2D eigenvalue weighted by Gasteiger charge is 2.15. The molecule has 1 fully saturated rings. The second-order valence-electron chi connectivity index (χ2n) is 4.57. The standard InChI is InChI=1S/C13H22N4OS/c1-3-14-13(15-7-11-5-4-6-18-11)16-8-12-10(2)17-9-19-12/h9,11H,3-8H2,1-2H3,(H2,14,15,16). The van der Waals surface area contributed by atoms with Crippen LogP contribution in [-0.2, 0) is 11.3 Å². The molecule has 1 aliphatic heterocycles. The van der Waals surface area contributed by atoms with Crippen LogP contribution >= 0.6 is 11.3 Å². The molecule has 0 spiro atoms. The highest BCUT2D eigenvalue weighted by atomic mass is 32.1.